The fraction of sp³-hybridized carbons (Fsp3) is 0.348. The van der Waals surface area contributed by atoms with Crippen LogP contribution in [0.2, 0.25) is 5.02 Å². The number of aryl methyl sites for hydroxylation is 3. The van der Waals surface area contributed by atoms with E-state index in [0.717, 1.165) is 27.8 Å². The highest BCUT2D eigenvalue weighted by Crippen LogP contribution is 2.37. The lowest BCUT2D eigenvalue weighted by Crippen LogP contribution is -2.19. The summed E-state index contributed by atoms with van der Waals surface area (Å²) in [5, 5.41) is 3.70. The molecular weight excluding hydrogens is 423 g/mol. The van der Waals surface area contributed by atoms with Crippen LogP contribution < -0.4 is 5.32 Å². The molecule has 3 aromatic rings. The van der Waals surface area contributed by atoms with Gasteiger partial charge in [0, 0.05) is 30.0 Å². The summed E-state index contributed by atoms with van der Waals surface area (Å²) in [5.41, 5.74) is 5.38. The Labute approximate surface area is 186 Å². The first-order valence-electron chi connectivity index (χ1n) is 9.77. The Kier molecular flexibility index (Phi) is 6.53. The van der Waals surface area contributed by atoms with E-state index in [0.29, 0.717) is 36.0 Å². The second-order valence-electron chi connectivity index (χ2n) is 7.86. The molecule has 1 aromatic heterocycles. The number of Topliss-reactive ketones (excluding diaryl/α,β-unsaturated/α-hetero) is 2. The minimum absolute atomic E-state index is 0. The van der Waals surface area contributed by atoms with Crippen LogP contribution in [-0.4, -0.2) is 23.1 Å². The Morgan fingerprint density at radius 2 is 1.83 bits per heavy atom. The number of nitrogens with one attached hydrogen (secondary N) is 1. The zero-order chi connectivity index (χ0) is 20.7. The van der Waals surface area contributed by atoms with E-state index < -0.39 is 5.92 Å². The number of hydrogen-bond donors (Lipinski definition) is 1. The number of ketones is 2. The van der Waals surface area contributed by atoms with Gasteiger partial charge in [0.15, 0.2) is 11.4 Å². The van der Waals surface area contributed by atoms with Gasteiger partial charge >= 0.3 is 0 Å². The summed E-state index contributed by atoms with van der Waals surface area (Å²) in [6.07, 6.45) is 0.853. The molecular formula is C23H24Cl2N2O3. The van der Waals surface area contributed by atoms with Crippen molar-refractivity contribution in [3.8, 4) is 0 Å². The molecule has 1 aliphatic carbocycles. The number of carbonyl (C=O) groups excluding carboxylic acids is 2. The standard InChI is InChI=1S/C23H23ClN2O3.ClH/c1-12-8-13(2)20(14(3)9-12)21-18(27)10-15(22(21)28)6-7-25-23-26-17-5-4-16(24)11-19(17)29-23;/h4-5,8-9,11,15,21H,6-7,10H2,1-3H3,(H,25,26);1H. The quantitative estimate of drug-likeness (QED) is 0.518. The zero-order valence-electron chi connectivity index (χ0n) is 17.1. The maximum absolute atomic E-state index is 13.0. The molecule has 0 spiro atoms. The molecule has 2 unspecified atom stereocenters. The summed E-state index contributed by atoms with van der Waals surface area (Å²) < 4.78 is 5.64. The maximum Gasteiger partial charge on any atom is 0.295 e. The third-order valence-electron chi connectivity index (χ3n) is 5.60. The predicted octanol–water partition coefficient (Wildman–Crippen LogP) is 5.57. The number of nitrogens with zero attached hydrogens (tertiary/aromatic N) is 1. The molecule has 2 aromatic carbocycles. The summed E-state index contributed by atoms with van der Waals surface area (Å²) in [7, 11) is 0. The highest BCUT2D eigenvalue weighted by atomic mass is 35.5. The largest absolute Gasteiger partial charge is 0.424 e. The minimum atomic E-state index is -0.632. The van der Waals surface area contributed by atoms with Crippen molar-refractivity contribution in [3.63, 3.8) is 0 Å². The molecule has 0 aliphatic heterocycles. The molecule has 4 rings (SSSR count). The Hall–Kier alpha value is -2.37. The summed E-state index contributed by atoms with van der Waals surface area (Å²) in [4.78, 5) is 30.1. The molecule has 0 radical (unpaired) electrons. The smallest absolute Gasteiger partial charge is 0.295 e. The van der Waals surface area contributed by atoms with Crippen molar-refractivity contribution in [2.24, 2.45) is 5.92 Å². The fourth-order valence-corrected chi connectivity index (χ4v) is 4.54. The van der Waals surface area contributed by atoms with Gasteiger partial charge in [-0.3, -0.25) is 9.59 Å². The van der Waals surface area contributed by atoms with Gasteiger partial charge in [-0.05, 0) is 56.0 Å². The SMILES string of the molecule is Cc1cc(C)c(C2C(=O)CC(CCNc3nc4ccc(Cl)cc4o3)C2=O)c(C)c1.Cl. The van der Waals surface area contributed by atoms with Crippen LogP contribution in [0.3, 0.4) is 0 Å². The molecule has 5 nitrogen and oxygen atoms in total. The highest BCUT2D eigenvalue weighted by molar-refractivity contribution is 6.31. The number of halogens is 2. The van der Waals surface area contributed by atoms with Crippen LogP contribution in [0.15, 0.2) is 34.7 Å². The molecule has 7 heteroatoms. The van der Waals surface area contributed by atoms with Crippen molar-refractivity contribution < 1.29 is 14.0 Å². The minimum Gasteiger partial charge on any atom is -0.424 e. The second kappa shape index (κ2) is 8.78. The first kappa shape index (κ1) is 22.3. The van der Waals surface area contributed by atoms with E-state index in [1.54, 1.807) is 18.2 Å². The number of hydrogen-bond acceptors (Lipinski definition) is 5. The average Bonchev–Trinajstić information content (AvgIpc) is 3.16. The molecule has 0 saturated heterocycles. The van der Waals surface area contributed by atoms with Gasteiger partial charge in [0.2, 0.25) is 0 Å². The molecule has 30 heavy (non-hydrogen) atoms. The lowest BCUT2D eigenvalue weighted by molar-refractivity contribution is -0.124. The van der Waals surface area contributed by atoms with Crippen molar-refractivity contribution in [3.05, 3.63) is 57.6 Å². The van der Waals surface area contributed by atoms with Crippen molar-refractivity contribution in [2.45, 2.75) is 39.5 Å². The molecule has 1 heterocycles. The first-order valence-corrected chi connectivity index (χ1v) is 10.2. The normalized spacial score (nSPS) is 18.7. The predicted molar refractivity (Wildman–Crippen MR) is 121 cm³/mol. The monoisotopic (exact) mass is 446 g/mol. The molecule has 0 amide bonds. The Morgan fingerprint density at radius 3 is 2.53 bits per heavy atom. The van der Waals surface area contributed by atoms with E-state index in [4.69, 9.17) is 16.0 Å². The van der Waals surface area contributed by atoms with Crippen LogP contribution in [0.4, 0.5) is 6.01 Å². The van der Waals surface area contributed by atoms with Crippen LogP contribution in [0.25, 0.3) is 11.1 Å². The van der Waals surface area contributed by atoms with Gasteiger partial charge in [0.25, 0.3) is 6.01 Å². The number of rotatable bonds is 5. The topological polar surface area (TPSA) is 72.2 Å². The summed E-state index contributed by atoms with van der Waals surface area (Å²) in [6.45, 7) is 6.48. The van der Waals surface area contributed by atoms with Gasteiger partial charge in [-0.15, -0.1) is 12.4 Å². The summed E-state index contributed by atoms with van der Waals surface area (Å²) in [5.74, 6) is -0.867. The summed E-state index contributed by atoms with van der Waals surface area (Å²) >= 11 is 5.97. The number of fused-ring (bicyclic) bond motifs is 1. The van der Waals surface area contributed by atoms with Gasteiger partial charge in [-0.2, -0.15) is 4.98 Å². The van der Waals surface area contributed by atoms with Gasteiger partial charge in [0.05, 0.1) is 0 Å². The van der Waals surface area contributed by atoms with Gasteiger partial charge < -0.3 is 9.73 Å². The van der Waals surface area contributed by atoms with Gasteiger partial charge in [-0.25, -0.2) is 0 Å². The highest BCUT2D eigenvalue weighted by Gasteiger charge is 2.42. The van der Waals surface area contributed by atoms with Crippen molar-refractivity contribution in [1.82, 2.24) is 4.98 Å². The van der Waals surface area contributed by atoms with Crippen LogP contribution in [0.1, 0.15) is 41.0 Å². The molecule has 158 valence electrons. The number of aromatic nitrogens is 1. The van der Waals surface area contributed by atoms with E-state index >= 15 is 0 Å². The van der Waals surface area contributed by atoms with E-state index in [9.17, 15) is 9.59 Å². The van der Waals surface area contributed by atoms with Crippen LogP contribution in [0, 0.1) is 26.7 Å². The Balaban J connectivity index is 0.00000256. The Bertz CT molecular complexity index is 1100. The molecule has 1 N–H and O–H groups in total. The van der Waals surface area contributed by atoms with Crippen molar-refractivity contribution >= 4 is 52.7 Å². The zero-order valence-corrected chi connectivity index (χ0v) is 18.7. The fourth-order valence-electron chi connectivity index (χ4n) is 4.38. The molecule has 1 fully saturated rings. The van der Waals surface area contributed by atoms with Crippen LogP contribution in [0.5, 0.6) is 0 Å². The lowest BCUT2D eigenvalue weighted by atomic mass is 9.86. The van der Waals surface area contributed by atoms with E-state index in [2.05, 4.69) is 10.3 Å². The van der Waals surface area contributed by atoms with Crippen LogP contribution in [-0.2, 0) is 9.59 Å². The number of benzene rings is 2. The van der Waals surface area contributed by atoms with E-state index in [-0.39, 0.29) is 29.9 Å². The molecule has 1 aliphatic rings. The average molecular weight is 447 g/mol. The molecule has 2 atom stereocenters. The molecule has 1 saturated carbocycles. The van der Waals surface area contributed by atoms with Gasteiger partial charge in [0.1, 0.15) is 17.2 Å². The first-order chi connectivity index (χ1) is 13.8. The third-order valence-corrected chi connectivity index (χ3v) is 5.84. The Morgan fingerprint density at radius 1 is 1.13 bits per heavy atom. The van der Waals surface area contributed by atoms with E-state index in [1.165, 1.54) is 0 Å². The van der Waals surface area contributed by atoms with E-state index in [1.807, 2.05) is 32.9 Å². The number of carbonyl (C=O) groups is 2. The van der Waals surface area contributed by atoms with Gasteiger partial charge in [-0.1, -0.05) is 29.3 Å². The molecule has 0 bridgehead atoms. The maximum atomic E-state index is 13.0. The van der Waals surface area contributed by atoms with Crippen LogP contribution >= 0.6 is 24.0 Å². The number of anilines is 1. The second-order valence-corrected chi connectivity index (χ2v) is 8.30. The van der Waals surface area contributed by atoms with Crippen molar-refractivity contribution in [1.29, 1.82) is 0 Å². The number of oxazole rings is 1. The summed E-state index contributed by atoms with van der Waals surface area (Å²) in [6, 6.07) is 9.73. The van der Waals surface area contributed by atoms with Crippen molar-refractivity contribution in [2.75, 3.05) is 11.9 Å². The lowest BCUT2D eigenvalue weighted by Gasteiger charge is -2.16. The third kappa shape index (κ3) is 4.23.